The van der Waals surface area contributed by atoms with E-state index in [1.54, 1.807) is 29.4 Å². The van der Waals surface area contributed by atoms with Crippen LogP contribution in [0.4, 0.5) is 0 Å². The molecule has 25 heavy (non-hydrogen) atoms. The number of β-amino-alcohol motifs (C(OH)–C–C–N with tert-alkyl or cyclic N) is 1. The number of nitrogens with zero attached hydrogens (tertiary/aromatic N) is 2. The van der Waals surface area contributed by atoms with Gasteiger partial charge in [0, 0.05) is 31.4 Å². The summed E-state index contributed by atoms with van der Waals surface area (Å²) in [5.74, 6) is -0.00772. The Labute approximate surface area is 146 Å². The van der Waals surface area contributed by atoms with E-state index in [1.165, 1.54) is 10.8 Å². The lowest BCUT2D eigenvalue weighted by atomic mass is 9.86. The number of aliphatic hydroxyl groups excluding tert-OH is 1. The molecule has 0 aliphatic carbocycles. The fraction of sp³-hybridized carbons (Fsp3) is 0.238. The van der Waals surface area contributed by atoms with Gasteiger partial charge in [0.05, 0.1) is 11.7 Å². The number of carbonyl (C=O) groups excluding carboxylic acids is 1. The predicted octanol–water partition coefficient (Wildman–Crippen LogP) is 3.23. The van der Waals surface area contributed by atoms with Gasteiger partial charge in [0.25, 0.3) is 5.91 Å². The van der Waals surface area contributed by atoms with Crippen molar-refractivity contribution in [2.75, 3.05) is 13.1 Å². The maximum atomic E-state index is 12.5. The van der Waals surface area contributed by atoms with Crippen LogP contribution < -0.4 is 0 Å². The molecule has 1 N–H and O–H groups in total. The van der Waals surface area contributed by atoms with Crippen molar-refractivity contribution in [1.82, 2.24) is 9.88 Å². The molecule has 0 radical (unpaired) electrons. The Kier molecular flexibility index (Phi) is 4.20. The van der Waals surface area contributed by atoms with E-state index in [2.05, 4.69) is 35.3 Å². The lowest BCUT2D eigenvalue weighted by Crippen LogP contribution is -2.45. The molecule has 2 heterocycles. The van der Waals surface area contributed by atoms with Gasteiger partial charge in [-0.05, 0) is 34.9 Å². The normalized spacial score (nSPS) is 20.6. The highest BCUT2D eigenvalue weighted by molar-refractivity contribution is 5.94. The van der Waals surface area contributed by atoms with E-state index in [0.717, 1.165) is 12.0 Å². The van der Waals surface area contributed by atoms with Gasteiger partial charge in [-0.2, -0.15) is 0 Å². The molecule has 126 valence electrons. The Bertz CT molecular complexity index is 895. The highest BCUT2D eigenvalue weighted by atomic mass is 16.3. The van der Waals surface area contributed by atoms with Crippen LogP contribution in [-0.2, 0) is 0 Å². The Hall–Kier alpha value is -2.72. The number of carbonyl (C=O) groups is 1. The van der Waals surface area contributed by atoms with Gasteiger partial charge < -0.3 is 10.0 Å². The largest absolute Gasteiger partial charge is 0.391 e. The molecule has 2 aromatic carbocycles. The first-order valence-electron chi connectivity index (χ1n) is 8.58. The monoisotopic (exact) mass is 332 g/mol. The third-order valence-corrected chi connectivity index (χ3v) is 4.98. The summed E-state index contributed by atoms with van der Waals surface area (Å²) in [5, 5.41) is 13.0. The van der Waals surface area contributed by atoms with Gasteiger partial charge in [0.2, 0.25) is 0 Å². The number of benzene rings is 2. The maximum absolute atomic E-state index is 12.5. The lowest BCUT2D eigenvalue weighted by Gasteiger charge is -2.36. The molecule has 4 nitrogen and oxygen atoms in total. The van der Waals surface area contributed by atoms with Crippen LogP contribution in [0.5, 0.6) is 0 Å². The molecule has 0 bridgehead atoms. The number of piperidine rings is 1. The topological polar surface area (TPSA) is 53.4 Å². The number of hydrogen-bond acceptors (Lipinski definition) is 3. The second-order valence-electron chi connectivity index (χ2n) is 6.56. The summed E-state index contributed by atoms with van der Waals surface area (Å²) in [6.07, 6.45) is 3.42. The van der Waals surface area contributed by atoms with Crippen LogP contribution in [0.2, 0.25) is 0 Å². The molecule has 1 aliphatic heterocycles. The number of aliphatic hydroxyl groups is 1. The molecule has 0 spiro atoms. The lowest BCUT2D eigenvalue weighted by molar-refractivity contribution is 0.0382. The van der Waals surface area contributed by atoms with Crippen molar-refractivity contribution in [3.63, 3.8) is 0 Å². The van der Waals surface area contributed by atoms with E-state index in [4.69, 9.17) is 0 Å². The van der Waals surface area contributed by atoms with Crippen LogP contribution in [0.3, 0.4) is 0 Å². The Balaban J connectivity index is 1.52. The number of pyridine rings is 1. The van der Waals surface area contributed by atoms with E-state index in [1.807, 2.05) is 12.1 Å². The minimum atomic E-state index is -0.560. The molecule has 4 heteroatoms. The fourth-order valence-electron chi connectivity index (χ4n) is 3.62. The zero-order valence-electron chi connectivity index (χ0n) is 13.9. The first-order chi connectivity index (χ1) is 12.2. The summed E-state index contributed by atoms with van der Waals surface area (Å²) in [6, 6.07) is 18.1. The average molecular weight is 332 g/mol. The summed E-state index contributed by atoms with van der Waals surface area (Å²) in [4.78, 5) is 18.3. The zero-order valence-corrected chi connectivity index (χ0v) is 13.9. The first-order valence-corrected chi connectivity index (χ1v) is 8.58. The number of hydrogen-bond donors (Lipinski definition) is 1. The van der Waals surface area contributed by atoms with Crippen LogP contribution in [-0.4, -0.2) is 40.1 Å². The summed E-state index contributed by atoms with van der Waals surface area (Å²) in [6.45, 7) is 0.994. The molecule has 0 unspecified atom stereocenters. The van der Waals surface area contributed by atoms with Gasteiger partial charge in [0.15, 0.2) is 0 Å². The molecule has 0 saturated carbocycles. The van der Waals surface area contributed by atoms with Crippen molar-refractivity contribution in [2.24, 2.45) is 0 Å². The second kappa shape index (κ2) is 6.65. The standard InChI is InChI=1S/C21H20N2O2/c24-20-14-23(21(25)18-6-3-10-22-13-18)11-9-19(20)17-8-7-15-4-1-2-5-16(15)12-17/h1-8,10,12-13,19-20,24H,9,11,14H2/t19-,20+/m0/s1. The summed E-state index contributed by atoms with van der Waals surface area (Å²) >= 11 is 0. The minimum absolute atomic E-state index is 0.0579. The summed E-state index contributed by atoms with van der Waals surface area (Å²) in [7, 11) is 0. The molecule has 1 amide bonds. The number of likely N-dealkylation sites (tertiary alicyclic amines) is 1. The predicted molar refractivity (Wildman–Crippen MR) is 97.5 cm³/mol. The van der Waals surface area contributed by atoms with Crippen molar-refractivity contribution < 1.29 is 9.90 Å². The molecule has 1 fully saturated rings. The molecule has 1 aromatic heterocycles. The van der Waals surface area contributed by atoms with Crippen LogP contribution in [0.25, 0.3) is 10.8 Å². The molecular formula is C21H20N2O2. The first kappa shape index (κ1) is 15.8. The highest BCUT2D eigenvalue weighted by Crippen LogP contribution is 2.31. The molecule has 2 atom stereocenters. The molecular weight excluding hydrogens is 312 g/mol. The van der Waals surface area contributed by atoms with Crippen LogP contribution in [0.1, 0.15) is 28.3 Å². The van der Waals surface area contributed by atoms with Gasteiger partial charge in [-0.1, -0.05) is 42.5 Å². The molecule has 4 rings (SSSR count). The Morgan fingerprint density at radius 2 is 1.92 bits per heavy atom. The van der Waals surface area contributed by atoms with Gasteiger partial charge >= 0.3 is 0 Å². The van der Waals surface area contributed by atoms with Crippen LogP contribution in [0, 0.1) is 0 Å². The molecule has 1 saturated heterocycles. The molecule has 1 aliphatic rings. The molecule has 3 aromatic rings. The maximum Gasteiger partial charge on any atom is 0.255 e. The van der Waals surface area contributed by atoms with Gasteiger partial charge in [0.1, 0.15) is 0 Å². The fourth-order valence-corrected chi connectivity index (χ4v) is 3.62. The van der Waals surface area contributed by atoms with Gasteiger partial charge in [-0.25, -0.2) is 0 Å². The van der Waals surface area contributed by atoms with E-state index in [9.17, 15) is 9.90 Å². The van der Waals surface area contributed by atoms with Crippen molar-refractivity contribution >= 4 is 16.7 Å². The third kappa shape index (κ3) is 3.13. The van der Waals surface area contributed by atoms with Gasteiger partial charge in [-0.3, -0.25) is 9.78 Å². The Morgan fingerprint density at radius 3 is 2.68 bits per heavy atom. The van der Waals surface area contributed by atoms with E-state index < -0.39 is 6.10 Å². The minimum Gasteiger partial charge on any atom is -0.391 e. The highest BCUT2D eigenvalue weighted by Gasteiger charge is 2.31. The van der Waals surface area contributed by atoms with Crippen molar-refractivity contribution in [2.45, 2.75) is 18.4 Å². The van der Waals surface area contributed by atoms with Crippen LogP contribution in [0.15, 0.2) is 67.0 Å². The van der Waals surface area contributed by atoms with Gasteiger partial charge in [-0.15, -0.1) is 0 Å². The van der Waals surface area contributed by atoms with E-state index in [-0.39, 0.29) is 11.8 Å². The SMILES string of the molecule is O=C(c1cccnc1)N1CC[C@@H](c2ccc3ccccc3c2)[C@H](O)C1. The quantitative estimate of drug-likeness (QED) is 0.784. The van der Waals surface area contributed by atoms with E-state index in [0.29, 0.717) is 18.7 Å². The number of aromatic nitrogens is 1. The smallest absolute Gasteiger partial charge is 0.255 e. The summed E-state index contributed by atoms with van der Waals surface area (Å²) < 4.78 is 0. The van der Waals surface area contributed by atoms with Crippen LogP contribution >= 0.6 is 0 Å². The average Bonchev–Trinajstić information content (AvgIpc) is 2.67. The zero-order chi connectivity index (χ0) is 17.2. The van der Waals surface area contributed by atoms with Crippen molar-refractivity contribution in [3.8, 4) is 0 Å². The van der Waals surface area contributed by atoms with Crippen molar-refractivity contribution in [1.29, 1.82) is 0 Å². The second-order valence-corrected chi connectivity index (χ2v) is 6.56. The van der Waals surface area contributed by atoms with E-state index >= 15 is 0 Å². The van der Waals surface area contributed by atoms with Crippen molar-refractivity contribution in [3.05, 3.63) is 78.1 Å². The number of rotatable bonds is 2. The third-order valence-electron chi connectivity index (χ3n) is 4.98. The number of amides is 1. The Morgan fingerprint density at radius 1 is 1.08 bits per heavy atom. The summed E-state index contributed by atoms with van der Waals surface area (Å²) in [5.41, 5.74) is 1.71. The number of fused-ring (bicyclic) bond motifs is 1.